The standard InChI is InChI=1S/C11H13N7/c12-9-10-3-8-18(15-10)11(16-6-1-4-13-16)17-7-2-5-14-17/h1-8,11H,9,12H2. The zero-order chi connectivity index (χ0) is 12.4. The number of nitrogens with zero attached hydrogens (tertiary/aromatic N) is 6. The molecule has 0 bridgehead atoms. The summed E-state index contributed by atoms with van der Waals surface area (Å²) in [6.45, 7) is 0.415. The van der Waals surface area contributed by atoms with Crippen molar-refractivity contribution in [3.05, 3.63) is 54.9 Å². The van der Waals surface area contributed by atoms with E-state index < -0.39 is 0 Å². The lowest BCUT2D eigenvalue weighted by Gasteiger charge is -2.18. The fraction of sp³-hybridized carbons (Fsp3) is 0.182. The molecule has 92 valence electrons. The van der Waals surface area contributed by atoms with Gasteiger partial charge in [0.1, 0.15) is 0 Å². The molecule has 0 aromatic carbocycles. The van der Waals surface area contributed by atoms with Crippen LogP contribution in [0.1, 0.15) is 12.0 Å². The van der Waals surface area contributed by atoms with Gasteiger partial charge in [0, 0.05) is 37.5 Å². The van der Waals surface area contributed by atoms with Crippen LogP contribution >= 0.6 is 0 Å². The summed E-state index contributed by atoms with van der Waals surface area (Å²) >= 11 is 0. The third-order valence-electron chi connectivity index (χ3n) is 2.63. The summed E-state index contributed by atoms with van der Waals surface area (Å²) in [5.41, 5.74) is 6.41. The molecule has 0 fully saturated rings. The van der Waals surface area contributed by atoms with Crippen molar-refractivity contribution in [2.24, 2.45) is 5.73 Å². The predicted molar refractivity (Wildman–Crippen MR) is 64.4 cm³/mol. The average molecular weight is 243 g/mol. The van der Waals surface area contributed by atoms with E-state index in [1.807, 2.05) is 36.8 Å². The molecule has 3 aromatic heterocycles. The molecule has 0 unspecified atom stereocenters. The van der Waals surface area contributed by atoms with Crippen LogP contribution < -0.4 is 5.73 Å². The Balaban J connectivity index is 2.05. The molecule has 0 saturated carbocycles. The zero-order valence-corrected chi connectivity index (χ0v) is 9.66. The van der Waals surface area contributed by atoms with Crippen LogP contribution in [0.25, 0.3) is 0 Å². The fourth-order valence-corrected chi connectivity index (χ4v) is 1.81. The van der Waals surface area contributed by atoms with Crippen LogP contribution in [0.5, 0.6) is 0 Å². The minimum absolute atomic E-state index is 0.254. The van der Waals surface area contributed by atoms with E-state index in [1.54, 1.807) is 26.4 Å². The van der Waals surface area contributed by atoms with Crippen molar-refractivity contribution in [3.63, 3.8) is 0 Å². The molecule has 0 radical (unpaired) electrons. The minimum Gasteiger partial charge on any atom is -0.325 e. The van der Waals surface area contributed by atoms with E-state index in [1.165, 1.54) is 0 Å². The highest BCUT2D eigenvalue weighted by Gasteiger charge is 2.16. The molecule has 0 aliphatic rings. The summed E-state index contributed by atoms with van der Waals surface area (Å²) in [6, 6.07) is 5.62. The second-order valence-electron chi connectivity index (χ2n) is 3.81. The summed E-state index contributed by atoms with van der Waals surface area (Å²) in [5.74, 6) is 0. The third-order valence-corrected chi connectivity index (χ3v) is 2.63. The van der Waals surface area contributed by atoms with Gasteiger partial charge >= 0.3 is 0 Å². The molecule has 3 aromatic rings. The van der Waals surface area contributed by atoms with Crippen molar-refractivity contribution < 1.29 is 0 Å². The van der Waals surface area contributed by atoms with Gasteiger partial charge in [-0.15, -0.1) is 0 Å². The largest absolute Gasteiger partial charge is 0.325 e. The van der Waals surface area contributed by atoms with E-state index in [0.29, 0.717) is 6.54 Å². The van der Waals surface area contributed by atoms with Crippen molar-refractivity contribution in [3.8, 4) is 0 Å². The van der Waals surface area contributed by atoms with Crippen LogP contribution in [0.4, 0.5) is 0 Å². The molecule has 7 heteroatoms. The number of rotatable bonds is 4. The highest BCUT2D eigenvalue weighted by atomic mass is 15.6. The zero-order valence-electron chi connectivity index (χ0n) is 9.66. The lowest BCUT2D eigenvalue weighted by Crippen LogP contribution is -2.27. The molecular formula is C11H13N7. The van der Waals surface area contributed by atoms with E-state index in [4.69, 9.17) is 5.73 Å². The summed E-state index contributed by atoms with van der Waals surface area (Å²) in [4.78, 5) is 0. The monoisotopic (exact) mass is 243 g/mol. The second-order valence-corrected chi connectivity index (χ2v) is 3.81. The van der Waals surface area contributed by atoms with Gasteiger partial charge < -0.3 is 5.73 Å². The van der Waals surface area contributed by atoms with Crippen LogP contribution in [0.15, 0.2) is 49.2 Å². The Morgan fingerprint density at radius 1 is 1.00 bits per heavy atom. The molecule has 18 heavy (non-hydrogen) atoms. The van der Waals surface area contributed by atoms with Gasteiger partial charge in [-0.05, 0) is 18.2 Å². The van der Waals surface area contributed by atoms with Gasteiger partial charge in [-0.2, -0.15) is 15.3 Å². The maximum atomic E-state index is 5.58. The van der Waals surface area contributed by atoms with Crippen molar-refractivity contribution in [1.29, 1.82) is 0 Å². The van der Waals surface area contributed by atoms with Gasteiger partial charge in [-0.3, -0.25) is 0 Å². The first-order valence-electron chi connectivity index (χ1n) is 5.61. The fourth-order valence-electron chi connectivity index (χ4n) is 1.81. The Morgan fingerprint density at radius 2 is 1.67 bits per heavy atom. The highest BCUT2D eigenvalue weighted by molar-refractivity contribution is 4.99. The van der Waals surface area contributed by atoms with Crippen molar-refractivity contribution in [1.82, 2.24) is 29.3 Å². The van der Waals surface area contributed by atoms with Gasteiger partial charge in [0.2, 0.25) is 6.29 Å². The topological polar surface area (TPSA) is 79.5 Å². The quantitative estimate of drug-likeness (QED) is 0.714. The molecule has 0 spiro atoms. The maximum absolute atomic E-state index is 5.58. The van der Waals surface area contributed by atoms with Crippen molar-refractivity contribution >= 4 is 0 Å². The molecule has 3 heterocycles. The second kappa shape index (κ2) is 4.46. The van der Waals surface area contributed by atoms with E-state index >= 15 is 0 Å². The first-order valence-corrected chi connectivity index (χ1v) is 5.61. The molecule has 7 nitrogen and oxygen atoms in total. The molecule has 0 amide bonds. The Bertz CT molecular complexity index is 559. The van der Waals surface area contributed by atoms with Gasteiger partial charge in [0.15, 0.2) is 0 Å². The highest BCUT2D eigenvalue weighted by Crippen LogP contribution is 2.11. The van der Waals surface area contributed by atoms with Crippen LogP contribution in [0, 0.1) is 0 Å². The maximum Gasteiger partial charge on any atom is 0.238 e. The lowest BCUT2D eigenvalue weighted by molar-refractivity contribution is 0.283. The molecule has 0 saturated heterocycles. The summed E-state index contributed by atoms with van der Waals surface area (Å²) in [6.07, 6.45) is 8.81. The van der Waals surface area contributed by atoms with Crippen molar-refractivity contribution in [2.45, 2.75) is 12.8 Å². The van der Waals surface area contributed by atoms with E-state index in [9.17, 15) is 0 Å². The number of aromatic nitrogens is 6. The van der Waals surface area contributed by atoms with Gasteiger partial charge in [0.25, 0.3) is 0 Å². The Morgan fingerprint density at radius 3 is 2.11 bits per heavy atom. The van der Waals surface area contributed by atoms with Gasteiger partial charge in [0.05, 0.1) is 5.69 Å². The van der Waals surface area contributed by atoms with E-state index in [-0.39, 0.29) is 6.29 Å². The van der Waals surface area contributed by atoms with Crippen LogP contribution in [-0.2, 0) is 6.54 Å². The minimum atomic E-state index is -0.254. The van der Waals surface area contributed by atoms with Gasteiger partial charge in [-0.1, -0.05) is 0 Å². The summed E-state index contributed by atoms with van der Waals surface area (Å²) < 4.78 is 5.34. The predicted octanol–water partition coefficient (Wildman–Crippen LogP) is 0.287. The van der Waals surface area contributed by atoms with Crippen LogP contribution in [-0.4, -0.2) is 29.3 Å². The summed E-state index contributed by atoms with van der Waals surface area (Å²) in [5, 5.41) is 12.9. The normalized spacial score (nSPS) is 11.2. The number of hydrogen-bond acceptors (Lipinski definition) is 4. The molecule has 3 rings (SSSR count). The number of nitrogens with two attached hydrogens (primary N) is 1. The molecule has 0 atom stereocenters. The average Bonchev–Trinajstić information content (AvgIpc) is 3.13. The lowest BCUT2D eigenvalue weighted by atomic mass is 10.4. The first kappa shape index (κ1) is 10.7. The third kappa shape index (κ3) is 1.80. The molecule has 0 aliphatic heterocycles. The Labute approximate surface area is 103 Å². The molecular weight excluding hydrogens is 230 g/mol. The van der Waals surface area contributed by atoms with E-state index in [2.05, 4.69) is 15.3 Å². The summed E-state index contributed by atoms with van der Waals surface area (Å²) in [7, 11) is 0. The Hall–Kier alpha value is -2.41. The van der Waals surface area contributed by atoms with Gasteiger partial charge in [-0.25, -0.2) is 14.0 Å². The first-order chi connectivity index (χ1) is 8.88. The van der Waals surface area contributed by atoms with Crippen LogP contribution in [0.3, 0.4) is 0 Å². The van der Waals surface area contributed by atoms with Crippen LogP contribution in [0.2, 0.25) is 0 Å². The SMILES string of the molecule is NCc1ccn(C(n2cccn2)n2cccn2)n1. The van der Waals surface area contributed by atoms with E-state index in [0.717, 1.165) is 5.69 Å². The molecule has 0 aliphatic carbocycles. The molecule has 2 N–H and O–H groups in total. The van der Waals surface area contributed by atoms with Crippen molar-refractivity contribution in [2.75, 3.05) is 0 Å². The Kier molecular flexibility index (Phi) is 2.66. The number of hydrogen-bond donors (Lipinski definition) is 1. The smallest absolute Gasteiger partial charge is 0.238 e.